The number of nitrogens with one attached hydrogen (secondary N) is 2. The van der Waals surface area contributed by atoms with Crippen LogP contribution in [0, 0.1) is 0 Å². The quantitative estimate of drug-likeness (QED) is 0.308. The highest BCUT2D eigenvalue weighted by atomic mass is 16.1. The van der Waals surface area contributed by atoms with Crippen molar-refractivity contribution < 1.29 is 18.6 Å². The maximum absolute atomic E-state index is 12.2. The summed E-state index contributed by atoms with van der Waals surface area (Å²) in [4.78, 5) is 24.5. The van der Waals surface area contributed by atoms with Gasteiger partial charge in [0.2, 0.25) is 11.6 Å². The molecule has 148 valence electrons. The van der Waals surface area contributed by atoms with Crippen LogP contribution < -0.4 is 10.6 Å². The van der Waals surface area contributed by atoms with Crippen LogP contribution in [0.4, 0.5) is 0 Å². The molecule has 26 heavy (non-hydrogen) atoms. The molecular weight excluding hydrogens is 328 g/mol. The maximum Gasteiger partial charge on any atom is 0.203 e. The molecule has 0 aliphatic heterocycles. The zero-order valence-corrected chi connectivity index (χ0v) is 17.5. The van der Waals surface area contributed by atoms with Crippen LogP contribution in [0.1, 0.15) is 26.7 Å². The maximum atomic E-state index is 12.2. The summed E-state index contributed by atoms with van der Waals surface area (Å²) in [6, 6.07) is 0. The van der Waals surface area contributed by atoms with Gasteiger partial charge in [-0.3, -0.25) is 9.59 Å². The highest BCUT2D eigenvalue weighted by Crippen LogP contribution is 2.09. The number of hydrogen-bond donors (Lipinski definition) is 2. The largest absolute Gasteiger partial charge is 0.382 e. The van der Waals surface area contributed by atoms with Gasteiger partial charge in [-0.1, -0.05) is 0 Å². The molecule has 0 aromatic heterocycles. The molecule has 0 radical (unpaired) electrons. The van der Waals surface area contributed by atoms with Crippen molar-refractivity contribution in [3.8, 4) is 0 Å². The minimum atomic E-state index is -0.124. The van der Waals surface area contributed by atoms with E-state index in [1.165, 1.54) is 12.2 Å². The van der Waals surface area contributed by atoms with Crippen molar-refractivity contribution in [1.82, 2.24) is 10.6 Å². The summed E-state index contributed by atoms with van der Waals surface area (Å²) in [7, 11) is 8.76. The van der Waals surface area contributed by atoms with E-state index in [9.17, 15) is 9.59 Å². The van der Waals surface area contributed by atoms with Gasteiger partial charge in [0.1, 0.15) is 0 Å². The fraction of sp³-hybridized carbons (Fsp3) is 0.700. The van der Waals surface area contributed by atoms with Gasteiger partial charge in [0.05, 0.1) is 65.8 Å². The van der Waals surface area contributed by atoms with Gasteiger partial charge in [0.15, 0.2) is 0 Å². The second-order valence-electron chi connectivity index (χ2n) is 8.36. The minimum Gasteiger partial charge on any atom is -0.382 e. The van der Waals surface area contributed by atoms with E-state index in [4.69, 9.17) is 0 Å². The van der Waals surface area contributed by atoms with Gasteiger partial charge in [-0.2, -0.15) is 0 Å². The van der Waals surface area contributed by atoms with E-state index in [0.717, 1.165) is 48.0 Å². The SMILES string of the molecule is CC[N+](C)(C)CCCNC1=CC(=O)C(NCCC[N+](C)(C)CC)=CC1=O. The van der Waals surface area contributed by atoms with Crippen LogP contribution >= 0.6 is 0 Å². The molecule has 0 fully saturated rings. The van der Waals surface area contributed by atoms with Crippen molar-refractivity contribution >= 4 is 11.6 Å². The molecule has 1 rings (SSSR count). The van der Waals surface area contributed by atoms with Crippen LogP contribution in [0.2, 0.25) is 0 Å². The molecule has 0 amide bonds. The predicted molar refractivity (Wildman–Crippen MR) is 106 cm³/mol. The Morgan fingerprint density at radius 2 is 1.08 bits per heavy atom. The molecule has 0 atom stereocenters. The van der Waals surface area contributed by atoms with Crippen LogP contribution in [0.15, 0.2) is 23.5 Å². The number of ketones is 2. The van der Waals surface area contributed by atoms with Crippen molar-refractivity contribution in [2.45, 2.75) is 26.7 Å². The van der Waals surface area contributed by atoms with Crippen LogP contribution in [0.5, 0.6) is 0 Å². The average Bonchev–Trinajstić information content (AvgIpc) is 2.59. The van der Waals surface area contributed by atoms with E-state index in [0.29, 0.717) is 24.5 Å². The van der Waals surface area contributed by atoms with E-state index < -0.39 is 0 Å². The van der Waals surface area contributed by atoms with Gasteiger partial charge >= 0.3 is 0 Å². The summed E-state index contributed by atoms with van der Waals surface area (Å²) >= 11 is 0. The smallest absolute Gasteiger partial charge is 0.203 e. The molecule has 0 saturated carbocycles. The lowest BCUT2D eigenvalue weighted by atomic mass is 10.1. The van der Waals surface area contributed by atoms with E-state index in [-0.39, 0.29) is 11.6 Å². The third kappa shape index (κ3) is 7.70. The first-order valence-electron chi connectivity index (χ1n) is 9.74. The second-order valence-corrected chi connectivity index (χ2v) is 8.36. The normalized spacial score (nSPS) is 15.6. The molecule has 0 spiro atoms. The first-order valence-corrected chi connectivity index (χ1v) is 9.74. The standard InChI is InChI=1S/C20H36N4O2/c1-7-23(3,4)13-9-11-21-17-15-20(26)18(16-19(17)25)22-12-10-14-24(5,6)8-2/h15-16H,7-14H2,1-6H3/p+2. The molecular formula is C20H38N4O2+2. The fourth-order valence-corrected chi connectivity index (χ4v) is 2.61. The Labute approximate surface area is 159 Å². The summed E-state index contributed by atoms with van der Waals surface area (Å²) in [5.41, 5.74) is 0.817. The van der Waals surface area contributed by atoms with Crippen molar-refractivity contribution in [3.63, 3.8) is 0 Å². The number of hydrogen-bond acceptors (Lipinski definition) is 4. The molecule has 0 aromatic rings. The summed E-state index contributed by atoms with van der Waals surface area (Å²) in [5, 5.41) is 6.24. The molecule has 0 aromatic carbocycles. The van der Waals surface area contributed by atoms with E-state index >= 15 is 0 Å². The lowest BCUT2D eigenvalue weighted by Crippen LogP contribution is -2.41. The predicted octanol–water partition coefficient (Wildman–Crippen LogP) is 1.06. The lowest BCUT2D eigenvalue weighted by Gasteiger charge is -2.28. The van der Waals surface area contributed by atoms with Gasteiger partial charge in [0.25, 0.3) is 0 Å². The molecule has 2 N–H and O–H groups in total. The number of rotatable bonds is 12. The molecule has 6 nitrogen and oxygen atoms in total. The number of quaternary nitrogens is 2. The molecule has 1 aliphatic carbocycles. The van der Waals surface area contributed by atoms with Gasteiger partial charge in [0, 0.05) is 38.1 Å². The number of allylic oxidation sites excluding steroid dienone is 2. The summed E-state index contributed by atoms with van der Waals surface area (Å²) in [6.07, 6.45) is 4.77. The Morgan fingerprint density at radius 3 is 1.38 bits per heavy atom. The Hall–Kier alpha value is -1.66. The molecule has 0 heterocycles. The fourth-order valence-electron chi connectivity index (χ4n) is 2.61. The van der Waals surface area contributed by atoms with Crippen molar-refractivity contribution in [3.05, 3.63) is 23.5 Å². The summed E-state index contributed by atoms with van der Waals surface area (Å²) in [5.74, 6) is -0.248. The van der Waals surface area contributed by atoms with Gasteiger partial charge < -0.3 is 19.6 Å². The van der Waals surface area contributed by atoms with Crippen LogP contribution in [-0.2, 0) is 9.59 Å². The second kappa shape index (κ2) is 9.88. The molecule has 1 aliphatic rings. The third-order valence-electron chi connectivity index (χ3n) is 5.31. The molecule has 6 heteroatoms. The zero-order valence-electron chi connectivity index (χ0n) is 17.5. The average molecular weight is 367 g/mol. The van der Waals surface area contributed by atoms with Crippen LogP contribution in [0.3, 0.4) is 0 Å². The van der Waals surface area contributed by atoms with Gasteiger partial charge in [-0.05, 0) is 13.8 Å². The summed E-state index contributed by atoms with van der Waals surface area (Å²) < 4.78 is 1.91. The van der Waals surface area contributed by atoms with Crippen molar-refractivity contribution in [2.75, 3.05) is 67.5 Å². The number of carbonyl (C=O) groups is 2. The Bertz CT molecular complexity index is 512. The van der Waals surface area contributed by atoms with E-state index in [1.54, 1.807) is 0 Å². The number of nitrogens with zero attached hydrogens (tertiary/aromatic N) is 2. The monoisotopic (exact) mass is 366 g/mol. The number of carbonyl (C=O) groups excluding carboxylic acids is 2. The summed E-state index contributed by atoms with van der Waals surface area (Å²) in [6.45, 7) is 9.96. The van der Waals surface area contributed by atoms with Crippen molar-refractivity contribution in [1.29, 1.82) is 0 Å². The molecule has 0 bridgehead atoms. The Morgan fingerprint density at radius 1 is 0.731 bits per heavy atom. The van der Waals surface area contributed by atoms with Crippen molar-refractivity contribution in [2.24, 2.45) is 0 Å². The molecule has 0 unspecified atom stereocenters. The first-order chi connectivity index (χ1) is 12.1. The Balaban J connectivity index is 2.40. The highest BCUT2D eigenvalue weighted by molar-refractivity contribution is 6.19. The topological polar surface area (TPSA) is 58.2 Å². The van der Waals surface area contributed by atoms with E-state index in [1.807, 2.05) is 0 Å². The third-order valence-corrected chi connectivity index (χ3v) is 5.31. The highest BCUT2D eigenvalue weighted by Gasteiger charge is 2.20. The first kappa shape index (κ1) is 22.4. The van der Waals surface area contributed by atoms with Crippen LogP contribution in [0.25, 0.3) is 0 Å². The van der Waals surface area contributed by atoms with Gasteiger partial charge in [-0.15, -0.1) is 0 Å². The lowest BCUT2D eigenvalue weighted by molar-refractivity contribution is -0.888. The zero-order chi connectivity index (χ0) is 19.8. The van der Waals surface area contributed by atoms with E-state index in [2.05, 4.69) is 52.7 Å². The molecule has 0 saturated heterocycles. The van der Waals surface area contributed by atoms with Gasteiger partial charge in [-0.25, -0.2) is 0 Å². The Kier molecular flexibility index (Phi) is 8.50. The van der Waals surface area contributed by atoms with Crippen LogP contribution in [-0.4, -0.2) is 88.0 Å². The minimum absolute atomic E-state index is 0.124.